The summed E-state index contributed by atoms with van der Waals surface area (Å²) in [6, 6.07) is 7.96. The topological polar surface area (TPSA) is 35.8 Å². The standard InChI is InChI=1S/C13H15BrN2S/c14-12-2-1-11(8-15)13(7-12)16-9-10-3-5-17-6-4-10/h1-2,7,10,16H,3-6,9H2. The van der Waals surface area contributed by atoms with Crippen molar-refractivity contribution in [2.75, 3.05) is 23.4 Å². The van der Waals surface area contributed by atoms with E-state index in [0.717, 1.165) is 28.2 Å². The van der Waals surface area contributed by atoms with Crippen LogP contribution in [0, 0.1) is 17.2 Å². The molecule has 0 radical (unpaired) electrons. The Labute approximate surface area is 115 Å². The van der Waals surface area contributed by atoms with Crippen molar-refractivity contribution in [2.24, 2.45) is 5.92 Å². The lowest BCUT2D eigenvalue weighted by atomic mass is 10.0. The van der Waals surface area contributed by atoms with Crippen LogP contribution < -0.4 is 5.32 Å². The summed E-state index contributed by atoms with van der Waals surface area (Å²) in [4.78, 5) is 0. The first kappa shape index (κ1) is 12.8. The number of nitrogens with zero attached hydrogens (tertiary/aromatic N) is 1. The Morgan fingerprint density at radius 3 is 2.88 bits per heavy atom. The van der Waals surface area contributed by atoms with Gasteiger partial charge in [0.15, 0.2) is 0 Å². The maximum Gasteiger partial charge on any atom is 0.101 e. The first-order valence-electron chi connectivity index (χ1n) is 5.81. The lowest BCUT2D eigenvalue weighted by molar-refractivity contribution is 0.516. The zero-order valence-electron chi connectivity index (χ0n) is 9.58. The van der Waals surface area contributed by atoms with Gasteiger partial charge >= 0.3 is 0 Å². The molecule has 4 heteroatoms. The maximum atomic E-state index is 9.04. The molecule has 1 aliphatic rings. The lowest BCUT2D eigenvalue weighted by Gasteiger charge is -2.22. The molecule has 0 bridgehead atoms. The smallest absolute Gasteiger partial charge is 0.101 e. The van der Waals surface area contributed by atoms with Crippen molar-refractivity contribution in [3.05, 3.63) is 28.2 Å². The molecule has 1 aromatic carbocycles. The monoisotopic (exact) mass is 310 g/mol. The second kappa shape index (κ2) is 6.32. The van der Waals surface area contributed by atoms with Crippen LogP contribution in [0.25, 0.3) is 0 Å². The number of hydrogen-bond donors (Lipinski definition) is 1. The van der Waals surface area contributed by atoms with Gasteiger partial charge in [0.05, 0.1) is 11.3 Å². The van der Waals surface area contributed by atoms with Crippen LogP contribution in [0.15, 0.2) is 22.7 Å². The summed E-state index contributed by atoms with van der Waals surface area (Å²) >= 11 is 5.48. The molecule has 0 atom stereocenters. The minimum atomic E-state index is 0.721. The number of hydrogen-bond acceptors (Lipinski definition) is 3. The predicted octanol–water partition coefficient (Wildman–Crippen LogP) is 3.88. The van der Waals surface area contributed by atoms with Crippen molar-refractivity contribution >= 4 is 33.4 Å². The van der Waals surface area contributed by atoms with Crippen molar-refractivity contribution in [3.8, 4) is 6.07 Å². The third-order valence-corrected chi connectivity index (χ3v) is 4.57. The Balaban J connectivity index is 1.98. The molecule has 0 amide bonds. The SMILES string of the molecule is N#Cc1ccc(Br)cc1NCC1CCSCC1. The summed E-state index contributed by atoms with van der Waals surface area (Å²) in [6.45, 7) is 0.978. The van der Waals surface area contributed by atoms with Crippen molar-refractivity contribution in [1.82, 2.24) is 0 Å². The Morgan fingerprint density at radius 2 is 2.18 bits per heavy atom. The van der Waals surface area contributed by atoms with E-state index in [1.165, 1.54) is 24.3 Å². The summed E-state index contributed by atoms with van der Waals surface area (Å²) in [5.41, 5.74) is 1.67. The summed E-state index contributed by atoms with van der Waals surface area (Å²) in [5.74, 6) is 3.30. The van der Waals surface area contributed by atoms with Crippen LogP contribution in [0.3, 0.4) is 0 Å². The van der Waals surface area contributed by atoms with Gasteiger partial charge in [-0.25, -0.2) is 0 Å². The number of benzene rings is 1. The fourth-order valence-electron chi connectivity index (χ4n) is 1.97. The molecule has 1 fully saturated rings. The number of nitrogens with one attached hydrogen (secondary N) is 1. The Kier molecular flexibility index (Phi) is 4.75. The van der Waals surface area contributed by atoms with E-state index in [4.69, 9.17) is 5.26 Å². The average Bonchev–Trinajstić information content (AvgIpc) is 2.38. The van der Waals surface area contributed by atoms with E-state index in [0.29, 0.717) is 0 Å². The highest BCUT2D eigenvalue weighted by atomic mass is 79.9. The van der Waals surface area contributed by atoms with Gasteiger partial charge in [-0.2, -0.15) is 17.0 Å². The molecule has 0 saturated carbocycles. The van der Waals surface area contributed by atoms with Gasteiger partial charge in [-0.15, -0.1) is 0 Å². The normalized spacial score (nSPS) is 16.5. The molecule has 0 unspecified atom stereocenters. The van der Waals surface area contributed by atoms with Crippen LogP contribution in [-0.4, -0.2) is 18.1 Å². The molecule has 1 heterocycles. The fourth-order valence-corrected chi connectivity index (χ4v) is 3.53. The van der Waals surface area contributed by atoms with E-state index in [1.807, 2.05) is 30.0 Å². The molecular weight excluding hydrogens is 296 g/mol. The molecule has 17 heavy (non-hydrogen) atoms. The van der Waals surface area contributed by atoms with Crippen molar-refractivity contribution in [2.45, 2.75) is 12.8 Å². The quantitative estimate of drug-likeness (QED) is 0.920. The second-order valence-corrected chi connectivity index (χ2v) is 6.38. The number of rotatable bonds is 3. The van der Waals surface area contributed by atoms with Crippen LogP contribution in [-0.2, 0) is 0 Å². The minimum Gasteiger partial charge on any atom is -0.384 e. The largest absolute Gasteiger partial charge is 0.384 e. The summed E-state index contributed by atoms with van der Waals surface area (Å²) in [7, 11) is 0. The van der Waals surface area contributed by atoms with Gasteiger partial charge in [-0.1, -0.05) is 15.9 Å². The number of anilines is 1. The number of halogens is 1. The van der Waals surface area contributed by atoms with Crippen molar-refractivity contribution in [3.63, 3.8) is 0 Å². The molecular formula is C13H15BrN2S. The third kappa shape index (κ3) is 3.65. The Bertz CT molecular complexity index is 422. The Hall–Kier alpha value is -0.660. The Morgan fingerprint density at radius 1 is 1.41 bits per heavy atom. The van der Waals surface area contributed by atoms with Crippen molar-refractivity contribution in [1.29, 1.82) is 5.26 Å². The number of nitriles is 1. The minimum absolute atomic E-state index is 0.721. The van der Waals surface area contributed by atoms with Crippen LogP contribution >= 0.6 is 27.7 Å². The van der Waals surface area contributed by atoms with Crippen LogP contribution in [0.4, 0.5) is 5.69 Å². The summed E-state index contributed by atoms with van der Waals surface area (Å²) in [5, 5.41) is 12.5. The van der Waals surface area contributed by atoms with E-state index in [2.05, 4.69) is 27.3 Å². The average molecular weight is 311 g/mol. The van der Waals surface area contributed by atoms with E-state index < -0.39 is 0 Å². The number of thioether (sulfide) groups is 1. The molecule has 2 nitrogen and oxygen atoms in total. The molecule has 0 aliphatic carbocycles. The highest BCUT2D eigenvalue weighted by Gasteiger charge is 2.13. The van der Waals surface area contributed by atoms with Crippen LogP contribution in [0.1, 0.15) is 18.4 Å². The van der Waals surface area contributed by atoms with Gasteiger partial charge in [-0.3, -0.25) is 0 Å². The molecule has 1 aliphatic heterocycles. The van der Waals surface area contributed by atoms with Gasteiger partial charge < -0.3 is 5.32 Å². The molecule has 1 saturated heterocycles. The molecule has 0 spiro atoms. The predicted molar refractivity (Wildman–Crippen MR) is 77.4 cm³/mol. The molecule has 90 valence electrons. The third-order valence-electron chi connectivity index (χ3n) is 3.02. The van der Waals surface area contributed by atoms with E-state index in [-0.39, 0.29) is 0 Å². The molecule has 1 N–H and O–H groups in total. The highest BCUT2D eigenvalue weighted by Crippen LogP contribution is 2.25. The van der Waals surface area contributed by atoms with Crippen LogP contribution in [0.5, 0.6) is 0 Å². The first-order valence-corrected chi connectivity index (χ1v) is 7.75. The molecule has 2 rings (SSSR count). The summed E-state index contributed by atoms with van der Waals surface area (Å²) in [6.07, 6.45) is 2.57. The van der Waals surface area contributed by atoms with Gasteiger partial charge in [0.1, 0.15) is 6.07 Å². The fraction of sp³-hybridized carbons (Fsp3) is 0.462. The molecule has 0 aromatic heterocycles. The maximum absolute atomic E-state index is 9.04. The lowest BCUT2D eigenvalue weighted by Crippen LogP contribution is -2.19. The van der Waals surface area contributed by atoms with Crippen LogP contribution in [0.2, 0.25) is 0 Å². The zero-order chi connectivity index (χ0) is 12.1. The van der Waals surface area contributed by atoms with Gasteiger partial charge in [0, 0.05) is 11.0 Å². The zero-order valence-corrected chi connectivity index (χ0v) is 12.0. The van der Waals surface area contributed by atoms with Gasteiger partial charge in [0.2, 0.25) is 0 Å². The highest BCUT2D eigenvalue weighted by molar-refractivity contribution is 9.10. The van der Waals surface area contributed by atoms with E-state index >= 15 is 0 Å². The second-order valence-electron chi connectivity index (χ2n) is 4.24. The first-order chi connectivity index (χ1) is 8.29. The van der Waals surface area contributed by atoms with E-state index in [1.54, 1.807) is 0 Å². The summed E-state index contributed by atoms with van der Waals surface area (Å²) < 4.78 is 1.01. The van der Waals surface area contributed by atoms with E-state index in [9.17, 15) is 0 Å². The van der Waals surface area contributed by atoms with Crippen molar-refractivity contribution < 1.29 is 0 Å². The van der Waals surface area contributed by atoms with Gasteiger partial charge in [-0.05, 0) is 48.5 Å². The van der Waals surface area contributed by atoms with Gasteiger partial charge in [0.25, 0.3) is 0 Å². The molecule has 1 aromatic rings.